The zero-order chi connectivity index (χ0) is 9.14. The molecule has 65 valence electrons. The van der Waals surface area contributed by atoms with Crippen molar-refractivity contribution >= 4 is 5.91 Å². The largest absolute Gasteiger partial charge is 0.506 e. The van der Waals surface area contributed by atoms with Gasteiger partial charge in [-0.1, -0.05) is 6.08 Å². The first-order valence-corrected chi connectivity index (χ1v) is 3.80. The lowest BCUT2D eigenvalue weighted by atomic mass is 10.1. The molecule has 3 nitrogen and oxygen atoms in total. The smallest absolute Gasteiger partial charge is 0.223 e. The molecule has 12 heavy (non-hydrogen) atoms. The molecule has 1 amide bonds. The minimum Gasteiger partial charge on any atom is -0.506 e. The first-order valence-electron chi connectivity index (χ1n) is 3.80. The van der Waals surface area contributed by atoms with Crippen molar-refractivity contribution in [3.8, 4) is 0 Å². The second kappa shape index (κ2) is 3.43. The molecule has 0 saturated carbocycles. The topological polar surface area (TPSA) is 40.5 Å². The summed E-state index contributed by atoms with van der Waals surface area (Å²) in [5, 5.41) is 9.37. The van der Waals surface area contributed by atoms with E-state index in [4.69, 9.17) is 0 Å². The van der Waals surface area contributed by atoms with Crippen LogP contribution in [0.2, 0.25) is 0 Å². The van der Waals surface area contributed by atoms with E-state index in [0.29, 0.717) is 5.70 Å². The normalized spacial score (nSPS) is 16.5. The van der Waals surface area contributed by atoms with Crippen LogP contribution in [0.5, 0.6) is 0 Å². The summed E-state index contributed by atoms with van der Waals surface area (Å²) in [5.41, 5.74) is 0.564. The molecule has 0 aromatic heterocycles. The van der Waals surface area contributed by atoms with Gasteiger partial charge >= 0.3 is 0 Å². The Balaban J connectivity index is 2.80. The summed E-state index contributed by atoms with van der Waals surface area (Å²) in [6, 6.07) is 0. The van der Waals surface area contributed by atoms with Gasteiger partial charge < -0.3 is 10.0 Å². The van der Waals surface area contributed by atoms with Crippen LogP contribution in [0.3, 0.4) is 0 Å². The summed E-state index contributed by atoms with van der Waals surface area (Å²) in [5.74, 6) is 0.0895. The van der Waals surface area contributed by atoms with E-state index in [1.807, 2.05) is 6.42 Å². The molecule has 0 saturated heterocycles. The van der Waals surface area contributed by atoms with Crippen molar-refractivity contribution in [2.75, 3.05) is 7.05 Å². The fourth-order valence-electron chi connectivity index (χ4n) is 1.00. The Hall–Kier alpha value is -1.25. The van der Waals surface area contributed by atoms with Crippen molar-refractivity contribution in [2.24, 2.45) is 0 Å². The van der Waals surface area contributed by atoms with Crippen molar-refractivity contribution in [2.45, 2.75) is 13.3 Å². The highest BCUT2D eigenvalue weighted by molar-refractivity contribution is 5.76. The number of likely N-dealkylation sites (N-methyl/N-ethyl adjacent to an activating group) is 1. The zero-order valence-electron chi connectivity index (χ0n) is 7.24. The summed E-state index contributed by atoms with van der Waals surface area (Å²) in [6.07, 6.45) is 6.04. The lowest BCUT2D eigenvalue weighted by Crippen LogP contribution is -2.25. The molecule has 1 rings (SSSR count). The monoisotopic (exact) mass is 166 g/mol. The van der Waals surface area contributed by atoms with Crippen LogP contribution in [-0.2, 0) is 4.79 Å². The van der Waals surface area contributed by atoms with E-state index >= 15 is 0 Å². The minimum absolute atomic E-state index is 0.0866. The van der Waals surface area contributed by atoms with Crippen LogP contribution in [0.25, 0.3) is 0 Å². The van der Waals surface area contributed by atoms with Crippen LogP contribution in [0.15, 0.2) is 23.6 Å². The number of rotatable bonds is 1. The van der Waals surface area contributed by atoms with Crippen LogP contribution < -0.4 is 0 Å². The Morgan fingerprint density at radius 1 is 1.67 bits per heavy atom. The molecule has 0 aromatic carbocycles. The number of allylic oxidation sites excluding steroid dienone is 2. The van der Waals surface area contributed by atoms with E-state index in [9.17, 15) is 9.90 Å². The van der Waals surface area contributed by atoms with Crippen LogP contribution in [0.4, 0.5) is 0 Å². The van der Waals surface area contributed by atoms with E-state index in [1.165, 1.54) is 11.8 Å². The number of hydrogen-bond donors (Lipinski definition) is 1. The third kappa shape index (κ3) is 1.67. The van der Waals surface area contributed by atoms with Crippen molar-refractivity contribution in [3.63, 3.8) is 0 Å². The molecule has 1 radical (unpaired) electrons. The van der Waals surface area contributed by atoms with Crippen LogP contribution >= 0.6 is 0 Å². The van der Waals surface area contributed by atoms with Gasteiger partial charge in [-0.05, 0) is 18.9 Å². The Labute approximate surface area is 72.0 Å². The van der Waals surface area contributed by atoms with Crippen molar-refractivity contribution in [1.82, 2.24) is 4.90 Å². The first kappa shape index (κ1) is 8.84. The number of hydrogen-bond acceptors (Lipinski definition) is 2. The maximum absolute atomic E-state index is 10.9. The average Bonchev–Trinajstić information content (AvgIpc) is 2.04. The number of aliphatic hydroxyl groups is 1. The molecule has 1 N–H and O–H groups in total. The molecular formula is C9H12NO2. The van der Waals surface area contributed by atoms with E-state index in [2.05, 4.69) is 0 Å². The SMILES string of the molecule is CC(=O)N(C)C1=C[CH]CC=C1O. The predicted molar refractivity (Wildman–Crippen MR) is 46.2 cm³/mol. The fraction of sp³-hybridized carbons (Fsp3) is 0.333. The summed E-state index contributed by atoms with van der Waals surface area (Å²) in [6.45, 7) is 1.46. The van der Waals surface area contributed by atoms with Gasteiger partial charge in [0.2, 0.25) is 5.91 Å². The van der Waals surface area contributed by atoms with Crippen LogP contribution in [-0.4, -0.2) is 23.0 Å². The molecule has 0 atom stereocenters. The van der Waals surface area contributed by atoms with E-state index in [1.54, 1.807) is 19.2 Å². The van der Waals surface area contributed by atoms with Crippen molar-refractivity contribution in [3.05, 3.63) is 30.0 Å². The maximum Gasteiger partial charge on any atom is 0.223 e. The number of carbonyl (C=O) groups excluding carboxylic acids is 1. The third-order valence-corrected chi connectivity index (χ3v) is 1.82. The van der Waals surface area contributed by atoms with Crippen LogP contribution in [0.1, 0.15) is 13.3 Å². The standard InChI is InChI=1S/C9H12NO2/c1-7(11)10(2)8-5-3-4-6-9(8)12/h3,5-6,12H,4H2,1-2H3. The van der Waals surface area contributed by atoms with Crippen molar-refractivity contribution < 1.29 is 9.90 Å². The maximum atomic E-state index is 10.9. The molecule has 0 fully saturated rings. The van der Waals surface area contributed by atoms with Gasteiger partial charge in [-0.25, -0.2) is 0 Å². The number of nitrogens with zero attached hydrogens (tertiary/aromatic N) is 1. The highest BCUT2D eigenvalue weighted by Gasteiger charge is 2.14. The Kier molecular flexibility index (Phi) is 2.53. The summed E-state index contributed by atoms with van der Waals surface area (Å²) >= 11 is 0. The molecule has 3 heteroatoms. The van der Waals surface area contributed by atoms with E-state index < -0.39 is 0 Å². The third-order valence-electron chi connectivity index (χ3n) is 1.82. The molecule has 0 bridgehead atoms. The molecule has 1 aliphatic carbocycles. The molecule has 0 aliphatic heterocycles. The van der Waals surface area contributed by atoms with Gasteiger partial charge in [0, 0.05) is 14.0 Å². The number of carbonyl (C=O) groups is 1. The van der Waals surface area contributed by atoms with Gasteiger partial charge in [0.25, 0.3) is 0 Å². The highest BCUT2D eigenvalue weighted by atomic mass is 16.3. The minimum atomic E-state index is -0.0866. The summed E-state index contributed by atoms with van der Waals surface area (Å²) in [4.78, 5) is 12.3. The first-order chi connectivity index (χ1) is 5.63. The molecule has 0 unspecified atom stereocenters. The van der Waals surface area contributed by atoms with Crippen molar-refractivity contribution in [1.29, 1.82) is 0 Å². The number of aliphatic hydroxyl groups excluding tert-OH is 1. The van der Waals surface area contributed by atoms with Gasteiger partial charge in [0.15, 0.2) is 0 Å². The van der Waals surface area contributed by atoms with Gasteiger partial charge in [-0.15, -0.1) is 0 Å². The van der Waals surface area contributed by atoms with Gasteiger partial charge in [-0.2, -0.15) is 0 Å². The lowest BCUT2D eigenvalue weighted by molar-refractivity contribution is -0.125. The Morgan fingerprint density at radius 2 is 2.33 bits per heavy atom. The van der Waals surface area contributed by atoms with Gasteiger partial charge in [0.1, 0.15) is 5.76 Å². The van der Waals surface area contributed by atoms with Crippen LogP contribution in [0, 0.1) is 6.42 Å². The van der Waals surface area contributed by atoms with Gasteiger partial charge in [0.05, 0.1) is 5.70 Å². The molecule has 0 aromatic rings. The Bertz CT molecular complexity index is 253. The Morgan fingerprint density at radius 3 is 2.83 bits per heavy atom. The molecular weight excluding hydrogens is 154 g/mol. The second-order valence-electron chi connectivity index (χ2n) is 2.69. The van der Waals surface area contributed by atoms with E-state index in [0.717, 1.165) is 6.42 Å². The number of amides is 1. The zero-order valence-corrected chi connectivity index (χ0v) is 7.24. The fourth-order valence-corrected chi connectivity index (χ4v) is 1.00. The highest BCUT2D eigenvalue weighted by Crippen LogP contribution is 2.18. The molecule has 0 heterocycles. The predicted octanol–water partition coefficient (Wildman–Crippen LogP) is 1.40. The summed E-state index contributed by atoms with van der Waals surface area (Å²) in [7, 11) is 1.64. The lowest BCUT2D eigenvalue weighted by Gasteiger charge is -2.20. The van der Waals surface area contributed by atoms with Gasteiger partial charge in [-0.3, -0.25) is 4.79 Å². The summed E-state index contributed by atoms with van der Waals surface area (Å²) < 4.78 is 0. The molecule has 0 spiro atoms. The quantitative estimate of drug-likeness (QED) is 0.639. The average molecular weight is 166 g/mol. The second-order valence-corrected chi connectivity index (χ2v) is 2.69. The molecule has 1 aliphatic rings. The van der Waals surface area contributed by atoms with E-state index in [-0.39, 0.29) is 11.7 Å².